The summed E-state index contributed by atoms with van der Waals surface area (Å²) in [7, 11) is 0. The molecule has 2 nitrogen and oxygen atoms in total. The van der Waals surface area contributed by atoms with Crippen LogP contribution in [0.1, 0.15) is 0 Å². The van der Waals surface area contributed by atoms with Crippen LogP contribution in [0.4, 0.5) is 4.39 Å². The zero-order chi connectivity index (χ0) is 13.6. The summed E-state index contributed by atoms with van der Waals surface area (Å²) < 4.78 is 14.9. The van der Waals surface area contributed by atoms with Gasteiger partial charge in [0.2, 0.25) is 0 Å². The zero-order valence-corrected chi connectivity index (χ0v) is 11.9. The van der Waals surface area contributed by atoms with Gasteiger partial charge in [-0.3, -0.25) is 0 Å². The Hall–Kier alpha value is -1.52. The van der Waals surface area contributed by atoms with Crippen molar-refractivity contribution in [1.82, 2.24) is 4.98 Å². The number of hydrogen-bond donors (Lipinski definition) is 2. The lowest BCUT2D eigenvalue weighted by Crippen LogP contribution is -1.85. The van der Waals surface area contributed by atoms with E-state index in [4.69, 9.17) is 11.6 Å². The smallest absolute Gasteiger partial charge is 0.137 e. The molecule has 0 aliphatic carbocycles. The van der Waals surface area contributed by atoms with Crippen molar-refractivity contribution in [3.05, 3.63) is 51.7 Å². The fraction of sp³-hybridized carbons (Fsp3) is 0. The fourth-order valence-electron chi connectivity index (χ4n) is 2.06. The first-order valence-corrected chi connectivity index (χ1v) is 6.68. The van der Waals surface area contributed by atoms with Crippen LogP contribution in [-0.4, -0.2) is 10.1 Å². The molecule has 0 spiro atoms. The van der Waals surface area contributed by atoms with Crippen LogP contribution >= 0.6 is 27.5 Å². The minimum atomic E-state index is -0.560. The molecule has 2 aromatic carbocycles. The highest BCUT2D eigenvalue weighted by Crippen LogP contribution is 2.35. The second kappa shape index (κ2) is 4.54. The van der Waals surface area contributed by atoms with Gasteiger partial charge >= 0.3 is 0 Å². The first-order chi connectivity index (χ1) is 9.04. The Morgan fingerprint density at radius 2 is 1.95 bits per heavy atom. The minimum absolute atomic E-state index is 0.122. The van der Waals surface area contributed by atoms with Crippen molar-refractivity contribution in [2.24, 2.45) is 0 Å². The second-order valence-electron chi connectivity index (χ2n) is 4.20. The van der Waals surface area contributed by atoms with Gasteiger partial charge in [-0.1, -0.05) is 27.5 Å². The molecule has 0 bridgehead atoms. The average Bonchev–Trinajstić information content (AvgIpc) is 2.69. The lowest BCUT2D eigenvalue weighted by Gasteiger charge is -2.04. The standard InChI is InChI=1S/C14H8BrClFNO/c15-8-1-2-11-7(3-8)4-12(18-11)14-10(17)5-9(16)6-13(14)19/h1-6,18-19H. The summed E-state index contributed by atoms with van der Waals surface area (Å²) in [4.78, 5) is 3.08. The van der Waals surface area contributed by atoms with Crippen LogP contribution in [0.25, 0.3) is 22.2 Å². The van der Waals surface area contributed by atoms with Gasteiger partial charge in [0.1, 0.15) is 11.6 Å². The molecule has 1 aromatic heterocycles. The molecule has 0 radical (unpaired) electrons. The molecule has 2 N–H and O–H groups in total. The normalized spacial score (nSPS) is 11.1. The number of H-pyrrole nitrogens is 1. The first-order valence-electron chi connectivity index (χ1n) is 5.51. The van der Waals surface area contributed by atoms with Crippen molar-refractivity contribution in [2.45, 2.75) is 0 Å². The van der Waals surface area contributed by atoms with Crippen molar-refractivity contribution in [1.29, 1.82) is 0 Å². The molecule has 3 rings (SSSR count). The molecule has 0 fully saturated rings. The third kappa shape index (κ3) is 2.22. The zero-order valence-electron chi connectivity index (χ0n) is 9.55. The van der Waals surface area contributed by atoms with E-state index in [1.807, 2.05) is 18.2 Å². The quantitative estimate of drug-likeness (QED) is 0.635. The molecule has 0 atom stereocenters. The van der Waals surface area contributed by atoms with Crippen molar-refractivity contribution in [2.75, 3.05) is 0 Å². The van der Waals surface area contributed by atoms with E-state index in [-0.39, 0.29) is 16.3 Å². The van der Waals surface area contributed by atoms with Crippen LogP contribution in [0.5, 0.6) is 5.75 Å². The van der Waals surface area contributed by atoms with Crippen LogP contribution in [0, 0.1) is 5.82 Å². The lowest BCUT2D eigenvalue weighted by atomic mass is 10.1. The number of aromatic hydroxyl groups is 1. The molecule has 0 saturated heterocycles. The largest absolute Gasteiger partial charge is 0.507 e. The molecule has 0 aliphatic rings. The van der Waals surface area contributed by atoms with Crippen LogP contribution < -0.4 is 0 Å². The Morgan fingerprint density at radius 3 is 2.68 bits per heavy atom. The van der Waals surface area contributed by atoms with Crippen molar-refractivity contribution in [3.63, 3.8) is 0 Å². The summed E-state index contributed by atoms with van der Waals surface area (Å²) in [5.74, 6) is -0.744. The average molecular weight is 341 g/mol. The summed E-state index contributed by atoms with van der Waals surface area (Å²) in [5, 5.41) is 10.9. The van der Waals surface area contributed by atoms with E-state index in [0.29, 0.717) is 5.69 Å². The number of aromatic amines is 1. The van der Waals surface area contributed by atoms with Gasteiger partial charge in [-0.15, -0.1) is 0 Å². The topological polar surface area (TPSA) is 36.0 Å². The van der Waals surface area contributed by atoms with Gasteiger partial charge in [0.15, 0.2) is 0 Å². The van der Waals surface area contributed by atoms with Gasteiger partial charge in [-0.2, -0.15) is 0 Å². The minimum Gasteiger partial charge on any atom is -0.507 e. The van der Waals surface area contributed by atoms with E-state index in [1.54, 1.807) is 6.07 Å². The van der Waals surface area contributed by atoms with E-state index in [0.717, 1.165) is 15.4 Å². The molecule has 0 amide bonds. The number of nitrogens with one attached hydrogen (secondary N) is 1. The van der Waals surface area contributed by atoms with Crippen molar-refractivity contribution in [3.8, 4) is 17.0 Å². The van der Waals surface area contributed by atoms with Gasteiger partial charge in [-0.05, 0) is 36.4 Å². The molecule has 3 aromatic rings. The maximum Gasteiger partial charge on any atom is 0.137 e. The number of rotatable bonds is 1. The van der Waals surface area contributed by atoms with Crippen LogP contribution in [0.2, 0.25) is 5.02 Å². The highest BCUT2D eigenvalue weighted by molar-refractivity contribution is 9.10. The number of benzene rings is 2. The van der Waals surface area contributed by atoms with Gasteiger partial charge in [-0.25, -0.2) is 4.39 Å². The van der Waals surface area contributed by atoms with Crippen molar-refractivity contribution >= 4 is 38.4 Å². The fourth-order valence-corrected chi connectivity index (χ4v) is 2.64. The number of fused-ring (bicyclic) bond motifs is 1. The molecule has 0 unspecified atom stereocenters. The van der Waals surface area contributed by atoms with Crippen LogP contribution in [0.3, 0.4) is 0 Å². The van der Waals surface area contributed by atoms with Gasteiger partial charge in [0.05, 0.1) is 11.3 Å². The van der Waals surface area contributed by atoms with Gasteiger partial charge in [0.25, 0.3) is 0 Å². The number of halogens is 3. The number of hydrogen-bond acceptors (Lipinski definition) is 1. The van der Waals surface area contributed by atoms with Crippen LogP contribution in [0.15, 0.2) is 40.9 Å². The maximum absolute atomic E-state index is 13.9. The molecular formula is C14H8BrClFNO. The summed E-state index contributed by atoms with van der Waals surface area (Å²) in [6, 6.07) is 9.97. The predicted molar refractivity (Wildman–Crippen MR) is 78.1 cm³/mol. The molecule has 19 heavy (non-hydrogen) atoms. The maximum atomic E-state index is 13.9. The predicted octanol–water partition coefficient (Wildman–Crippen LogP) is 5.10. The Kier molecular flexibility index (Phi) is 2.99. The lowest BCUT2D eigenvalue weighted by molar-refractivity contribution is 0.472. The number of aromatic nitrogens is 1. The molecule has 96 valence electrons. The van der Waals surface area contributed by atoms with Crippen molar-refractivity contribution < 1.29 is 9.50 Å². The molecule has 1 heterocycles. The van der Waals surface area contributed by atoms with Gasteiger partial charge < -0.3 is 10.1 Å². The summed E-state index contributed by atoms with van der Waals surface area (Å²) in [6.07, 6.45) is 0. The highest BCUT2D eigenvalue weighted by Gasteiger charge is 2.14. The highest BCUT2D eigenvalue weighted by atomic mass is 79.9. The first kappa shape index (κ1) is 12.5. The molecular weight excluding hydrogens is 333 g/mol. The van der Waals surface area contributed by atoms with E-state index in [9.17, 15) is 9.50 Å². The Morgan fingerprint density at radius 1 is 1.16 bits per heavy atom. The number of phenolic OH excluding ortho intramolecular Hbond substituents is 1. The molecule has 0 saturated carbocycles. The Bertz CT molecular complexity index is 761. The van der Waals surface area contributed by atoms with E-state index in [1.165, 1.54) is 12.1 Å². The van der Waals surface area contributed by atoms with E-state index >= 15 is 0 Å². The molecule has 0 aliphatic heterocycles. The van der Waals surface area contributed by atoms with Crippen LogP contribution in [-0.2, 0) is 0 Å². The summed E-state index contributed by atoms with van der Waals surface area (Å²) >= 11 is 9.07. The number of phenols is 1. The summed E-state index contributed by atoms with van der Waals surface area (Å²) in [6.45, 7) is 0. The van der Waals surface area contributed by atoms with Gasteiger partial charge in [0, 0.05) is 20.4 Å². The summed E-state index contributed by atoms with van der Waals surface area (Å²) in [5.41, 5.74) is 1.50. The monoisotopic (exact) mass is 339 g/mol. The SMILES string of the molecule is Oc1cc(Cl)cc(F)c1-c1cc2cc(Br)ccc2[nH]1. The molecule has 5 heteroatoms. The third-order valence-electron chi connectivity index (χ3n) is 2.89. The Balaban J connectivity index is 2.24. The second-order valence-corrected chi connectivity index (χ2v) is 5.55. The Labute approximate surface area is 122 Å². The third-order valence-corrected chi connectivity index (χ3v) is 3.60. The van der Waals surface area contributed by atoms with E-state index < -0.39 is 5.82 Å². The van der Waals surface area contributed by atoms with E-state index in [2.05, 4.69) is 20.9 Å².